The number of fused-ring (bicyclic) bond motifs is 9. The molecule has 14 nitrogen and oxygen atoms in total. The fraction of sp³-hybridized carbons (Fsp3) is 0.568. The lowest BCUT2D eigenvalue weighted by molar-refractivity contribution is -0.134. The summed E-state index contributed by atoms with van der Waals surface area (Å²) in [6.07, 6.45) is 0.470. The zero-order valence-electron chi connectivity index (χ0n) is 30.7. The molecule has 4 aliphatic rings. The van der Waals surface area contributed by atoms with Crippen LogP contribution in [-0.2, 0) is 25.5 Å². The Hall–Kier alpha value is -4.23. The van der Waals surface area contributed by atoms with Crippen LogP contribution < -0.4 is 30.0 Å². The Kier molecular flexibility index (Phi) is 10.6. The Morgan fingerprint density at radius 2 is 1.90 bits per heavy atom. The van der Waals surface area contributed by atoms with Gasteiger partial charge in [-0.1, -0.05) is 19.9 Å². The van der Waals surface area contributed by atoms with Crippen LogP contribution in [0, 0.1) is 31.1 Å². The van der Waals surface area contributed by atoms with E-state index < -0.39 is 41.4 Å². The smallest absolute Gasteiger partial charge is 0.308 e. The molecule has 2 bridgehead atoms. The van der Waals surface area contributed by atoms with Crippen molar-refractivity contribution in [1.82, 2.24) is 15.1 Å². The van der Waals surface area contributed by atoms with E-state index in [0.717, 1.165) is 11.1 Å². The predicted molar refractivity (Wildman–Crippen MR) is 191 cm³/mol. The number of amides is 1. The number of carbonyl (C=O) groups excluding carboxylic acids is 3. The summed E-state index contributed by atoms with van der Waals surface area (Å²) in [5.74, 6) is 1.03. The molecule has 2 aromatic rings. The first-order valence-corrected chi connectivity index (χ1v) is 18.5. The van der Waals surface area contributed by atoms with Gasteiger partial charge < -0.3 is 39.8 Å². The molecule has 6 rings (SSSR count). The van der Waals surface area contributed by atoms with Gasteiger partial charge in [-0.3, -0.25) is 24.2 Å². The largest absolute Gasteiger partial charge is 0.504 e. The van der Waals surface area contributed by atoms with Crippen molar-refractivity contribution < 1.29 is 43.2 Å². The number of nitrogens with one attached hydrogen (secondary N) is 1. The number of hydrogen-bond acceptors (Lipinski definition) is 14. The van der Waals surface area contributed by atoms with E-state index in [-0.39, 0.29) is 43.1 Å². The molecule has 4 aliphatic heterocycles. The Balaban J connectivity index is 1.62. The summed E-state index contributed by atoms with van der Waals surface area (Å²) in [7, 11) is 3.47. The molecule has 1 fully saturated rings. The second kappa shape index (κ2) is 14.7. The second-order valence-corrected chi connectivity index (χ2v) is 15.5. The van der Waals surface area contributed by atoms with Crippen molar-refractivity contribution in [1.29, 1.82) is 5.26 Å². The highest BCUT2D eigenvalue weighted by Crippen LogP contribution is 2.63. The van der Waals surface area contributed by atoms with Crippen molar-refractivity contribution in [2.45, 2.75) is 95.5 Å². The molecule has 0 spiro atoms. The summed E-state index contributed by atoms with van der Waals surface area (Å²) in [6.45, 7) is 10.8. The van der Waals surface area contributed by atoms with Gasteiger partial charge in [-0.25, -0.2) is 0 Å². The van der Waals surface area contributed by atoms with Crippen LogP contribution in [0.5, 0.6) is 28.7 Å². The maximum absolute atomic E-state index is 13.0. The van der Waals surface area contributed by atoms with Gasteiger partial charge in [-0.2, -0.15) is 5.26 Å². The first kappa shape index (κ1) is 37.5. The number of ether oxygens (including phenoxy) is 5. The van der Waals surface area contributed by atoms with Crippen LogP contribution in [0.4, 0.5) is 0 Å². The number of nitrogens with two attached hydrogens (primary N) is 1. The van der Waals surface area contributed by atoms with E-state index in [1.807, 2.05) is 40.8 Å². The van der Waals surface area contributed by atoms with Crippen molar-refractivity contribution in [2.24, 2.45) is 11.7 Å². The number of hydrogen-bond donors (Lipinski definition) is 3. The third-order valence-electron chi connectivity index (χ3n) is 10.8. The van der Waals surface area contributed by atoms with E-state index in [2.05, 4.69) is 21.2 Å². The first-order valence-electron chi connectivity index (χ1n) is 17.4. The number of carbonyl (C=O) groups is 3. The molecule has 4 heterocycles. The Morgan fingerprint density at radius 1 is 1.19 bits per heavy atom. The molecule has 0 saturated carbocycles. The van der Waals surface area contributed by atoms with E-state index in [4.69, 9.17) is 29.4 Å². The monoisotopic (exact) mass is 737 g/mol. The Labute approximate surface area is 307 Å². The molecule has 8 atom stereocenters. The van der Waals surface area contributed by atoms with Gasteiger partial charge >= 0.3 is 5.97 Å². The number of phenols is 1. The summed E-state index contributed by atoms with van der Waals surface area (Å²) in [5.41, 5.74) is 10.3. The van der Waals surface area contributed by atoms with Crippen LogP contribution in [0.3, 0.4) is 0 Å². The summed E-state index contributed by atoms with van der Waals surface area (Å²) in [6, 6.07) is 0.750. The summed E-state index contributed by atoms with van der Waals surface area (Å²) < 4.78 is 29.3. The fourth-order valence-corrected chi connectivity index (χ4v) is 9.97. The molecule has 52 heavy (non-hydrogen) atoms. The quantitative estimate of drug-likeness (QED) is 0.173. The number of nitrogens with zero attached hydrogens (tertiary/aromatic N) is 3. The number of piperazine rings is 1. The highest BCUT2D eigenvalue weighted by Gasteiger charge is 2.60. The van der Waals surface area contributed by atoms with E-state index in [1.54, 1.807) is 6.92 Å². The molecule has 0 aromatic heterocycles. The van der Waals surface area contributed by atoms with Crippen molar-refractivity contribution in [3.8, 4) is 34.8 Å². The minimum atomic E-state index is -0.729. The average molecular weight is 738 g/mol. The third-order valence-corrected chi connectivity index (χ3v) is 12.4. The molecular formula is C37H47N5O9S. The third kappa shape index (κ3) is 6.09. The van der Waals surface area contributed by atoms with Gasteiger partial charge in [-0.05, 0) is 51.3 Å². The number of aryl methyl sites for hydroxylation is 1. The molecule has 2 unspecified atom stereocenters. The Morgan fingerprint density at radius 3 is 2.54 bits per heavy atom. The number of thioether (sulfide) groups is 1. The summed E-state index contributed by atoms with van der Waals surface area (Å²) in [4.78, 5) is 41.9. The summed E-state index contributed by atoms with van der Waals surface area (Å²) in [5, 5.41) is 25.4. The number of nitriles is 1. The van der Waals surface area contributed by atoms with Gasteiger partial charge in [0.25, 0.3) is 6.47 Å². The van der Waals surface area contributed by atoms with Gasteiger partial charge in [0, 0.05) is 53.1 Å². The van der Waals surface area contributed by atoms with Crippen LogP contribution in [0.1, 0.15) is 78.4 Å². The van der Waals surface area contributed by atoms with Crippen LogP contribution in [0.15, 0.2) is 6.07 Å². The van der Waals surface area contributed by atoms with Gasteiger partial charge in [0.15, 0.2) is 23.0 Å². The normalized spacial score (nSPS) is 25.6. The molecule has 0 aliphatic carbocycles. The van der Waals surface area contributed by atoms with E-state index >= 15 is 0 Å². The molecular weight excluding hydrogens is 691 g/mol. The van der Waals surface area contributed by atoms with Crippen molar-refractivity contribution in [2.75, 3.05) is 33.3 Å². The minimum Gasteiger partial charge on any atom is -0.504 e. The Bertz CT molecular complexity index is 1810. The molecule has 280 valence electrons. The molecule has 1 saturated heterocycles. The molecule has 1 amide bonds. The van der Waals surface area contributed by atoms with Crippen molar-refractivity contribution in [3.05, 3.63) is 39.4 Å². The van der Waals surface area contributed by atoms with Crippen molar-refractivity contribution >= 4 is 30.1 Å². The number of methoxy groups -OCH3 is 1. The van der Waals surface area contributed by atoms with E-state index in [0.29, 0.717) is 63.9 Å². The van der Waals surface area contributed by atoms with Crippen LogP contribution in [0.25, 0.3) is 0 Å². The van der Waals surface area contributed by atoms with Crippen LogP contribution in [0.2, 0.25) is 0 Å². The number of rotatable bonds is 11. The van der Waals surface area contributed by atoms with Crippen LogP contribution >= 0.6 is 11.8 Å². The highest BCUT2D eigenvalue weighted by atomic mass is 32.2. The second-order valence-electron chi connectivity index (χ2n) is 14.4. The topological polar surface area (TPSA) is 186 Å². The first-order chi connectivity index (χ1) is 24.8. The summed E-state index contributed by atoms with van der Waals surface area (Å²) >= 11 is 1.53. The van der Waals surface area contributed by atoms with Crippen LogP contribution in [-0.4, -0.2) is 96.8 Å². The lowest BCUT2D eigenvalue weighted by Crippen LogP contribution is -2.69. The SMILES string of the molecule is COc1c(C)cc2c(c1O)[C@H]1C3[C@H](SC[C@@H](C)NC(=O)C(N)C(C)C)c4c(OC(C)=O)c(C)c5c(c4[C@H](COC=O)N3[C@@H](C#N)[C@H](C2)N1C)OCO5. The average Bonchev–Trinajstić information content (AvgIpc) is 3.58. The molecule has 15 heteroatoms. The van der Waals surface area contributed by atoms with E-state index in [9.17, 15) is 24.8 Å². The number of aromatic hydroxyl groups is 1. The standard InChI is InChI=1S/C37H47N5O9S/c1-16(2)28(39)37(46)40-18(4)13-52-36-27-26(35-34(49-15-50-35)19(5)33(27)51-20(6)44)24(12-48-14-43)42-23(11-38)22-10-21-9-17(3)32(47-8)31(45)25(21)29(30(36)42)41(22)7/h9,14,16,18,22-24,28-30,36,45H,10,12-13,15,39H2,1-8H3,(H,40,46)/t18-,22+,23+,24+,28?,29+,30?,36-/m1/s1. The van der Waals surface area contributed by atoms with Gasteiger partial charge in [-0.15, -0.1) is 11.8 Å². The maximum Gasteiger partial charge on any atom is 0.308 e. The molecule has 4 N–H and O–H groups in total. The zero-order valence-corrected chi connectivity index (χ0v) is 31.5. The molecule has 0 radical (unpaired) electrons. The number of benzene rings is 2. The van der Waals surface area contributed by atoms with E-state index in [1.165, 1.54) is 25.8 Å². The lowest BCUT2D eigenvalue weighted by atomic mass is 9.71. The number of likely N-dealkylation sites (N-methyl/N-ethyl adjacent to an activating group) is 1. The van der Waals surface area contributed by atoms with Crippen molar-refractivity contribution in [3.63, 3.8) is 0 Å². The predicted octanol–water partition coefficient (Wildman–Crippen LogP) is 3.34. The minimum absolute atomic E-state index is 0.0174. The fourth-order valence-electron chi connectivity index (χ4n) is 8.50. The molecule has 2 aromatic carbocycles. The van der Waals surface area contributed by atoms with Gasteiger partial charge in [0.05, 0.1) is 36.6 Å². The number of esters is 1. The number of phenolic OH excluding ortho intramolecular Hbond substituents is 1. The van der Waals surface area contributed by atoms with Gasteiger partial charge in [0.2, 0.25) is 12.7 Å². The highest BCUT2D eigenvalue weighted by molar-refractivity contribution is 7.99. The maximum atomic E-state index is 13.0. The zero-order chi connectivity index (χ0) is 37.8. The lowest BCUT2D eigenvalue weighted by Gasteiger charge is -2.61. The van der Waals surface area contributed by atoms with Gasteiger partial charge in [0.1, 0.15) is 18.4 Å².